The molecule has 1 aliphatic rings. The summed E-state index contributed by atoms with van der Waals surface area (Å²) in [5.41, 5.74) is 0. The monoisotopic (exact) mass is 173 g/mol. The van der Waals surface area contributed by atoms with Gasteiger partial charge in [0.2, 0.25) is 0 Å². The highest BCUT2D eigenvalue weighted by Crippen LogP contribution is 2.32. The van der Waals surface area contributed by atoms with E-state index in [1.165, 1.54) is 7.11 Å². The zero-order chi connectivity index (χ0) is 8.97. The van der Waals surface area contributed by atoms with Gasteiger partial charge in [-0.15, -0.1) is 0 Å². The van der Waals surface area contributed by atoms with E-state index in [2.05, 4.69) is 10.1 Å². The summed E-state index contributed by atoms with van der Waals surface area (Å²) in [7, 11) is 1.39. The number of esters is 1. The highest BCUT2D eigenvalue weighted by atomic mass is 16.5. The maximum absolute atomic E-state index is 11.1. The first-order chi connectivity index (χ1) is 5.79. The fraction of sp³-hybridized carbons (Fsp3) is 0.875. The second kappa shape index (κ2) is 4.42. The van der Waals surface area contributed by atoms with Gasteiger partial charge in [-0.05, 0) is 18.8 Å². The van der Waals surface area contributed by atoms with E-state index in [-0.39, 0.29) is 18.6 Å². The number of aliphatic hydroxyl groups excluding tert-OH is 1. The number of carbonyl (C=O) groups is 1. The van der Waals surface area contributed by atoms with Crippen LogP contribution < -0.4 is 5.32 Å². The highest BCUT2D eigenvalue weighted by molar-refractivity contribution is 5.76. The molecule has 70 valence electrons. The van der Waals surface area contributed by atoms with Crippen LogP contribution in [0.2, 0.25) is 0 Å². The maximum atomic E-state index is 11.1. The number of ether oxygens (including phenoxy) is 1. The Morgan fingerprint density at radius 2 is 2.42 bits per heavy atom. The summed E-state index contributed by atoms with van der Waals surface area (Å²) in [5, 5.41) is 11.5. The molecule has 4 heteroatoms. The van der Waals surface area contributed by atoms with Gasteiger partial charge in [0.15, 0.2) is 0 Å². The van der Waals surface area contributed by atoms with Gasteiger partial charge in [0.05, 0.1) is 13.7 Å². The van der Waals surface area contributed by atoms with Crippen LogP contribution in [-0.4, -0.2) is 37.4 Å². The van der Waals surface area contributed by atoms with Crippen molar-refractivity contribution in [2.45, 2.75) is 18.9 Å². The van der Waals surface area contributed by atoms with Gasteiger partial charge in [-0.25, -0.2) is 0 Å². The lowest BCUT2D eigenvalue weighted by Gasteiger charge is -2.14. The molecule has 12 heavy (non-hydrogen) atoms. The Labute approximate surface area is 71.9 Å². The average Bonchev–Trinajstić information content (AvgIpc) is 2.88. The Morgan fingerprint density at radius 3 is 2.83 bits per heavy atom. The number of methoxy groups -OCH3 is 1. The molecule has 0 heterocycles. The second-order valence-corrected chi connectivity index (χ2v) is 3.02. The predicted octanol–water partition coefficient (Wildman–Crippen LogP) is -0.480. The van der Waals surface area contributed by atoms with Gasteiger partial charge in [-0.3, -0.25) is 4.79 Å². The molecule has 1 fully saturated rings. The molecule has 0 amide bonds. The fourth-order valence-corrected chi connectivity index (χ4v) is 1.22. The molecule has 1 unspecified atom stereocenters. The molecule has 1 rings (SSSR count). The Kier molecular flexibility index (Phi) is 3.49. The average molecular weight is 173 g/mol. The number of nitrogens with one attached hydrogen (secondary N) is 1. The minimum absolute atomic E-state index is 0.0558. The summed E-state index contributed by atoms with van der Waals surface area (Å²) in [6.07, 6.45) is 2.16. The number of hydrogen-bond donors (Lipinski definition) is 2. The van der Waals surface area contributed by atoms with Crippen molar-refractivity contribution in [2.75, 3.05) is 20.3 Å². The van der Waals surface area contributed by atoms with E-state index < -0.39 is 0 Å². The first-order valence-electron chi connectivity index (χ1n) is 4.21. The summed E-state index contributed by atoms with van der Waals surface area (Å²) in [4.78, 5) is 11.1. The van der Waals surface area contributed by atoms with Gasteiger partial charge < -0.3 is 15.2 Å². The third-order valence-electron chi connectivity index (χ3n) is 2.02. The lowest BCUT2D eigenvalue weighted by Crippen LogP contribution is -2.40. The summed E-state index contributed by atoms with van der Waals surface area (Å²) in [6.45, 7) is 0.510. The topological polar surface area (TPSA) is 58.6 Å². The van der Waals surface area contributed by atoms with Crippen molar-refractivity contribution >= 4 is 5.97 Å². The second-order valence-electron chi connectivity index (χ2n) is 3.02. The molecule has 1 saturated carbocycles. The minimum atomic E-state index is -0.217. The van der Waals surface area contributed by atoms with E-state index >= 15 is 0 Å². The Bertz CT molecular complexity index is 156. The zero-order valence-electron chi connectivity index (χ0n) is 7.25. The van der Waals surface area contributed by atoms with Gasteiger partial charge in [-0.2, -0.15) is 0 Å². The van der Waals surface area contributed by atoms with Crippen LogP contribution >= 0.6 is 0 Å². The molecular weight excluding hydrogens is 158 g/mol. The van der Waals surface area contributed by atoms with Crippen LogP contribution in [0.25, 0.3) is 0 Å². The van der Waals surface area contributed by atoms with Crippen LogP contribution in [0.5, 0.6) is 0 Å². The van der Waals surface area contributed by atoms with Gasteiger partial charge in [0, 0.05) is 6.54 Å². The van der Waals surface area contributed by atoms with Crippen molar-refractivity contribution in [1.82, 2.24) is 5.32 Å². The van der Waals surface area contributed by atoms with E-state index in [1.807, 2.05) is 0 Å². The Hall–Kier alpha value is -0.610. The molecule has 0 radical (unpaired) electrons. The van der Waals surface area contributed by atoms with Crippen LogP contribution in [0, 0.1) is 5.92 Å². The molecule has 0 aromatic carbocycles. The van der Waals surface area contributed by atoms with Crippen molar-refractivity contribution in [3.63, 3.8) is 0 Å². The molecule has 0 aromatic heterocycles. The van der Waals surface area contributed by atoms with E-state index in [9.17, 15) is 4.79 Å². The zero-order valence-corrected chi connectivity index (χ0v) is 7.25. The van der Waals surface area contributed by atoms with Crippen LogP contribution in [0.4, 0.5) is 0 Å². The van der Waals surface area contributed by atoms with Crippen molar-refractivity contribution < 1.29 is 14.6 Å². The van der Waals surface area contributed by atoms with Gasteiger partial charge in [0.1, 0.15) is 6.04 Å². The van der Waals surface area contributed by atoms with Crippen molar-refractivity contribution in [3.8, 4) is 0 Å². The third kappa shape index (κ3) is 2.46. The molecular formula is C8H15NO3. The fourth-order valence-electron chi connectivity index (χ4n) is 1.22. The summed E-state index contributed by atoms with van der Waals surface area (Å²) < 4.78 is 4.63. The first-order valence-corrected chi connectivity index (χ1v) is 4.21. The third-order valence-corrected chi connectivity index (χ3v) is 2.02. The smallest absolute Gasteiger partial charge is 0.323 e. The molecule has 2 N–H and O–H groups in total. The lowest BCUT2D eigenvalue weighted by atomic mass is 10.2. The molecule has 0 aromatic rings. The van der Waals surface area contributed by atoms with Gasteiger partial charge in [0.25, 0.3) is 0 Å². The normalized spacial score (nSPS) is 18.8. The predicted molar refractivity (Wildman–Crippen MR) is 43.6 cm³/mol. The number of hydrogen-bond acceptors (Lipinski definition) is 4. The van der Waals surface area contributed by atoms with Crippen molar-refractivity contribution in [2.24, 2.45) is 5.92 Å². The largest absolute Gasteiger partial charge is 0.468 e. The van der Waals surface area contributed by atoms with E-state index in [1.54, 1.807) is 0 Å². The standard InChI is InChI=1S/C8H15NO3/c1-12-8(11)7(6-2-3-6)9-4-5-10/h6-7,9-10H,2-5H2,1H3. The van der Waals surface area contributed by atoms with Crippen LogP contribution in [0.1, 0.15) is 12.8 Å². The first kappa shape index (κ1) is 9.48. The summed E-state index contributed by atoms with van der Waals surface area (Å²) in [5.74, 6) is 0.204. The molecule has 1 atom stereocenters. The minimum Gasteiger partial charge on any atom is -0.468 e. The highest BCUT2D eigenvalue weighted by Gasteiger charge is 2.36. The summed E-state index contributed by atoms with van der Waals surface area (Å²) >= 11 is 0. The Morgan fingerprint density at radius 1 is 1.75 bits per heavy atom. The van der Waals surface area contributed by atoms with Crippen LogP contribution in [0.15, 0.2) is 0 Å². The van der Waals surface area contributed by atoms with E-state index in [0.29, 0.717) is 12.5 Å². The molecule has 0 bridgehead atoms. The van der Waals surface area contributed by atoms with Crippen LogP contribution in [-0.2, 0) is 9.53 Å². The number of rotatable bonds is 5. The summed E-state index contributed by atoms with van der Waals surface area (Å²) in [6, 6.07) is -0.206. The van der Waals surface area contributed by atoms with Crippen molar-refractivity contribution in [1.29, 1.82) is 0 Å². The quantitative estimate of drug-likeness (QED) is 0.551. The van der Waals surface area contributed by atoms with E-state index in [4.69, 9.17) is 5.11 Å². The lowest BCUT2D eigenvalue weighted by molar-refractivity contribution is -0.143. The number of aliphatic hydroxyl groups is 1. The molecule has 1 aliphatic carbocycles. The molecule has 4 nitrogen and oxygen atoms in total. The van der Waals surface area contributed by atoms with Gasteiger partial charge >= 0.3 is 5.97 Å². The number of carbonyl (C=O) groups excluding carboxylic acids is 1. The van der Waals surface area contributed by atoms with Crippen molar-refractivity contribution in [3.05, 3.63) is 0 Å². The molecule has 0 aliphatic heterocycles. The maximum Gasteiger partial charge on any atom is 0.323 e. The molecule has 0 saturated heterocycles. The van der Waals surface area contributed by atoms with E-state index in [0.717, 1.165) is 12.8 Å². The van der Waals surface area contributed by atoms with Crippen LogP contribution in [0.3, 0.4) is 0 Å². The van der Waals surface area contributed by atoms with Gasteiger partial charge in [-0.1, -0.05) is 0 Å². The Balaban J connectivity index is 2.32. The molecule has 0 spiro atoms. The SMILES string of the molecule is COC(=O)C(NCCO)C1CC1.